The molecule has 0 heterocycles. The summed E-state index contributed by atoms with van der Waals surface area (Å²) in [4.78, 5) is 0. The van der Waals surface area contributed by atoms with E-state index < -0.39 is 0 Å². The summed E-state index contributed by atoms with van der Waals surface area (Å²) in [5.41, 5.74) is 10.8. The second-order valence-corrected chi connectivity index (χ2v) is 7.04. The van der Waals surface area contributed by atoms with E-state index in [-0.39, 0.29) is 0 Å². The van der Waals surface area contributed by atoms with E-state index >= 15 is 0 Å². The summed E-state index contributed by atoms with van der Waals surface area (Å²) in [6.07, 6.45) is 10.1. The van der Waals surface area contributed by atoms with Crippen molar-refractivity contribution in [2.24, 2.45) is 11.7 Å². The molecule has 1 fully saturated rings. The van der Waals surface area contributed by atoms with Crippen LogP contribution in [0.2, 0.25) is 0 Å². The van der Waals surface area contributed by atoms with Gasteiger partial charge in [-0.05, 0) is 79.9 Å². The highest BCUT2D eigenvalue weighted by molar-refractivity contribution is 5.36. The quantitative estimate of drug-likeness (QED) is 0.836. The normalized spacial score (nSPS) is 28.6. The molecule has 3 unspecified atom stereocenters. The number of hydrogen-bond acceptors (Lipinski definition) is 2. The third kappa shape index (κ3) is 3.67. The van der Waals surface area contributed by atoms with Gasteiger partial charge in [0, 0.05) is 19.8 Å². The van der Waals surface area contributed by atoms with Crippen LogP contribution >= 0.6 is 0 Å². The van der Waals surface area contributed by atoms with Crippen LogP contribution in [-0.2, 0) is 17.6 Å². The summed E-state index contributed by atoms with van der Waals surface area (Å²) in [5, 5.41) is 0. The van der Waals surface area contributed by atoms with Crippen LogP contribution < -0.4 is 5.73 Å². The lowest BCUT2D eigenvalue weighted by Gasteiger charge is -2.26. The molecule has 1 aromatic rings. The van der Waals surface area contributed by atoms with E-state index in [4.69, 9.17) is 10.5 Å². The summed E-state index contributed by atoms with van der Waals surface area (Å²) >= 11 is 0. The van der Waals surface area contributed by atoms with Gasteiger partial charge >= 0.3 is 0 Å². The molecular formula is C19H29NO. The predicted octanol–water partition coefficient (Wildman–Crippen LogP) is 3.81. The van der Waals surface area contributed by atoms with Crippen LogP contribution in [-0.4, -0.2) is 19.8 Å². The molecule has 0 aromatic heterocycles. The van der Waals surface area contributed by atoms with Crippen LogP contribution in [0.5, 0.6) is 0 Å². The topological polar surface area (TPSA) is 35.2 Å². The zero-order chi connectivity index (χ0) is 14.7. The Morgan fingerprint density at radius 3 is 2.86 bits per heavy atom. The molecule has 0 radical (unpaired) electrons. The number of rotatable bonds is 5. The second-order valence-electron chi connectivity index (χ2n) is 7.04. The van der Waals surface area contributed by atoms with Gasteiger partial charge in [0.15, 0.2) is 0 Å². The molecule has 0 saturated heterocycles. The summed E-state index contributed by atoms with van der Waals surface area (Å²) < 4.78 is 5.17. The van der Waals surface area contributed by atoms with Crippen LogP contribution in [0.15, 0.2) is 18.2 Å². The Balaban J connectivity index is 1.62. The highest BCUT2D eigenvalue weighted by Gasteiger charge is 2.25. The molecule has 2 aliphatic carbocycles. The van der Waals surface area contributed by atoms with Crippen molar-refractivity contribution in [1.29, 1.82) is 0 Å². The molecule has 2 nitrogen and oxygen atoms in total. The highest BCUT2D eigenvalue weighted by atomic mass is 16.5. The first-order valence-electron chi connectivity index (χ1n) is 8.62. The fourth-order valence-corrected chi connectivity index (χ4v) is 4.19. The second kappa shape index (κ2) is 6.93. The first kappa shape index (κ1) is 15.1. The van der Waals surface area contributed by atoms with Crippen molar-refractivity contribution < 1.29 is 4.74 Å². The van der Waals surface area contributed by atoms with Gasteiger partial charge in [-0.1, -0.05) is 18.2 Å². The number of benzene rings is 1. The van der Waals surface area contributed by atoms with E-state index in [0.29, 0.717) is 12.0 Å². The maximum atomic E-state index is 6.07. The van der Waals surface area contributed by atoms with Crippen LogP contribution in [0.4, 0.5) is 0 Å². The maximum Gasteiger partial charge on any atom is 0.0462 e. The molecule has 0 spiro atoms. The molecule has 3 atom stereocenters. The van der Waals surface area contributed by atoms with E-state index in [1.807, 2.05) is 0 Å². The molecule has 0 bridgehead atoms. The number of nitrogens with two attached hydrogens (primary N) is 1. The zero-order valence-corrected chi connectivity index (χ0v) is 13.3. The van der Waals surface area contributed by atoms with Gasteiger partial charge in [-0.2, -0.15) is 0 Å². The minimum atomic E-state index is 0.427. The van der Waals surface area contributed by atoms with Crippen molar-refractivity contribution in [3.8, 4) is 0 Å². The Labute approximate surface area is 129 Å². The Bertz CT molecular complexity index is 471. The van der Waals surface area contributed by atoms with Crippen molar-refractivity contribution in [2.45, 2.75) is 63.3 Å². The van der Waals surface area contributed by atoms with Crippen LogP contribution in [0, 0.1) is 5.92 Å². The summed E-state index contributed by atoms with van der Waals surface area (Å²) in [6.45, 7) is 0.907. The summed E-state index contributed by atoms with van der Waals surface area (Å²) in [7, 11) is 1.80. The molecular weight excluding hydrogens is 258 g/mol. The van der Waals surface area contributed by atoms with Gasteiger partial charge in [-0.15, -0.1) is 0 Å². The van der Waals surface area contributed by atoms with Gasteiger partial charge in [0.25, 0.3) is 0 Å². The van der Waals surface area contributed by atoms with Gasteiger partial charge in [0.1, 0.15) is 0 Å². The Hall–Kier alpha value is -0.860. The lowest BCUT2D eigenvalue weighted by atomic mass is 9.80. The summed E-state index contributed by atoms with van der Waals surface area (Å²) in [6, 6.07) is 7.69. The van der Waals surface area contributed by atoms with E-state index in [9.17, 15) is 0 Å². The number of fused-ring (bicyclic) bond motifs is 1. The largest absolute Gasteiger partial charge is 0.385 e. The molecule has 1 aromatic carbocycles. The fourth-order valence-electron chi connectivity index (χ4n) is 4.19. The van der Waals surface area contributed by atoms with Gasteiger partial charge in [-0.25, -0.2) is 0 Å². The van der Waals surface area contributed by atoms with Gasteiger partial charge < -0.3 is 10.5 Å². The van der Waals surface area contributed by atoms with E-state index in [1.165, 1.54) is 51.4 Å². The molecule has 1 saturated carbocycles. The third-order valence-electron chi connectivity index (χ3n) is 5.47. The smallest absolute Gasteiger partial charge is 0.0462 e. The number of ether oxygens (including phenoxy) is 1. The minimum absolute atomic E-state index is 0.427. The van der Waals surface area contributed by atoms with Gasteiger partial charge in [0.2, 0.25) is 0 Å². The van der Waals surface area contributed by atoms with Crippen LogP contribution in [0.3, 0.4) is 0 Å². The first-order valence-corrected chi connectivity index (χ1v) is 8.62. The summed E-state index contributed by atoms with van der Waals surface area (Å²) in [5.74, 6) is 1.57. The Morgan fingerprint density at radius 2 is 2.10 bits per heavy atom. The lowest BCUT2D eigenvalue weighted by molar-refractivity contribution is 0.185. The van der Waals surface area contributed by atoms with Gasteiger partial charge in [0.05, 0.1) is 0 Å². The standard InChI is InChI=1S/C19H29NO/c1-21-10-2-3-14-4-5-16-12-17(7-6-15(16)11-14)18-8-9-19(20)13-18/h6-7,12,14,18-19H,2-5,8-11,13,20H2,1H3. The SMILES string of the molecule is COCCCC1CCc2cc(C3CCC(N)C3)ccc2C1. The lowest BCUT2D eigenvalue weighted by Crippen LogP contribution is -2.16. The molecule has 3 rings (SSSR count). The molecule has 2 N–H and O–H groups in total. The van der Waals surface area contributed by atoms with Crippen molar-refractivity contribution >= 4 is 0 Å². The molecule has 0 aliphatic heterocycles. The Morgan fingerprint density at radius 1 is 1.19 bits per heavy atom. The van der Waals surface area contributed by atoms with Gasteiger partial charge in [-0.3, -0.25) is 0 Å². The average Bonchev–Trinajstić information content (AvgIpc) is 2.93. The van der Waals surface area contributed by atoms with Crippen molar-refractivity contribution in [3.05, 3.63) is 34.9 Å². The zero-order valence-electron chi connectivity index (χ0n) is 13.3. The third-order valence-corrected chi connectivity index (χ3v) is 5.47. The monoisotopic (exact) mass is 287 g/mol. The molecule has 0 amide bonds. The van der Waals surface area contributed by atoms with E-state index in [2.05, 4.69) is 18.2 Å². The maximum absolute atomic E-state index is 6.07. The number of methoxy groups -OCH3 is 1. The van der Waals surface area contributed by atoms with E-state index in [0.717, 1.165) is 12.5 Å². The predicted molar refractivity (Wildman–Crippen MR) is 87.6 cm³/mol. The number of aryl methyl sites for hydroxylation is 1. The molecule has 2 aliphatic rings. The van der Waals surface area contributed by atoms with E-state index in [1.54, 1.807) is 23.8 Å². The molecule has 116 valence electrons. The van der Waals surface area contributed by atoms with Crippen LogP contribution in [0.25, 0.3) is 0 Å². The molecule has 21 heavy (non-hydrogen) atoms. The Kier molecular flexibility index (Phi) is 4.97. The van der Waals surface area contributed by atoms with Crippen LogP contribution in [0.1, 0.15) is 61.1 Å². The highest BCUT2D eigenvalue weighted by Crippen LogP contribution is 2.36. The van der Waals surface area contributed by atoms with Crippen molar-refractivity contribution in [2.75, 3.05) is 13.7 Å². The number of hydrogen-bond donors (Lipinski definition) is 1. The minimum Gasteiger partial charge on any atom is -0.385 e. The molecule has 2 heteroatoms. The average molecular weight is 287 g/mol. The van der Waals surface area contributed by atoms with Crippen molar-refractivity contribution in [3.63, 3.8) is 0 Å². The fraction of sp³-hybridized carbons (Fsp3) is 0.684. The first-order chi connectivity index (χ1) is 10.3. The van der Waals surface area contributed by atoms with Crippen molar-refractivity contribution in [1.82, 2.24) is 0 Å².